The summed E-state index contributed by atoms with van der Waals surface area (Å²) in [6.45, 7) is 3.67. The molecule has 0 aliphatic rings. The van der Waals surface area contributed by atoms with Gasteiger partial charge in [-0.05, 0) is 32.0 Å². The van der Waals surface area contributed by atoms with Crippen LogP contribution in [0.15, 0.2) is 28.9 Å². The quantitative estimate of drug-likeness (QED) is 0.684. The molecule has 0 radical (unpaired) electrons. The lowest BCUT2D eigenvalue weighted by molar-refractivity contribution is 0.0526. The highest BCUT2D eigenvalue weighted by molar-refractivity contribution is 6.31. The van der Waals surface area contributed by atoms with Crippen LogP contribution in [0.2, 0.25) is 5.02 Å². The maximum atomic E-state index is 12.3. The lowest BCUT2D eigenvalue weighted by Gasteiger charge is -2.11. The Bertz CT molecular complexity index is 939. The van der Waals surface area contributed by atoms with Crippen LogP contribution in [0.4, 0.5) is 11.5 Å². The summed E-state index contributed by atoms with van der Waals surface area (Å²) >= 11 is 6.06. The van der Waals surface area contributed by atoms with Gasteiger partial charge in [0.1, 0.15) is 29.2 Å². The minimum absolute atomic E-state index is 0.253. The predicted octanol–water partition coefficient (Wildman–Crippen LogP) is 4.11. The molecule has 0 spiro atoms. The van der Waals surface area contributed by atoms with E-state index in [0.29, 0.717) is 44.7 Å². The van der Waals surface area contributed by atoms with Crippen molar-refractivity contribution in [3.63, 3.8) is 0 Å². The molecule has 0 aliphatic carbocycles. The fourth-order valence-electron chi connectivity index (χ4n) is 2.49. The van der Waals surface area contributed by atoms with Crippen molar-refractivity contribution in [1.29, 1.82) is 0 Å². The minimum atomic E-state index is -0.491. The number of hydrogen-bond acceptors (Lipinski definition) is 7. The fourth-order valence-corrected chi connectivity index (χ4v) is 2.67. The molecule has 0 unspecified atom stereocenters. The number of aryl methyl sites for hydroxylation is 1. The molecule has 0 amide bonds. The largest absolute Gasteiger partial charge is 0.495 e. The van der Waals surface area contributed by atoms with Gasteiger partial charge in [-0.3, -0.25) is 0 Å². The summed E-state index contributed by atoms with van der Waals surface area (Å²) in [5.41, 5.74) is 1.18. The number of anilines is 2. The van der Waals surface area contributed by atoms with Crippen LogP contribution in [-0.4, -0.2) is 29.7 Å². The number of carbonyl (C=O) groups excluding carboxylic acids is 1. The van der Waals surface area contributed by atoms with Crippen LogP contribution < -0.4 is 10.1 Å². The van der Waals surface area contributed by atoms with E-state index in [1.807, 2.05) is 0 Å². The molecule has 0 aliphatic heterocycles. The van der Waals surface area contributed by atoms with E-state index in [1.165, 1.54) is 6.33 Å². The number of nitrogens with zero attached hydrogens (tertiary/aromatic N) is 2. The number of furan rings is 1. The highest BCUT2D eigenvalue weighted by Crippen LogP contribution is 2.35. The maximum Gasteiger partial charge on any atom is 0.342 e. The van der Waals surface area contributed by atoms with Gasteiger partial charge in [-0.1, -0.05) is 11.6 Å². The number of nitrogens with one attached hydrogen (secondary N) is 1. The molecular weight excluding hydrogens is 346 g/mol. The average Bonchev–Trinajstić information content (AvgIpc) is 2.92. The third kappa shape index (κ3) is 3.23. The molecule has 3 rings (SSSR count). The number of rotatable bonds is 5. The van der Waals surface area contributed by atoms with E-state index >= 15 is 0 Å². The molecule has 1 N–H and O–H groups in total. The zero-order valence-electron chi connectivity index (χ0n) is 13.9. The summed E-state index contributed by atoms with van der Waals surface area (Å²) in [4.78, 5) is 20.6. The summed E-state index contributed by atoms with van der Waals surface area (Å²) < 4.78 is 16.0. The SMILES string of the molecule is CCOC(=O)c1c(C)oc2ncnc(Nc3cc(Cl)ccc3OC)c12. The van der Waals surface area contributed by atoms with Crippen molar-refractivity contribution in [2.24, 2.45) is 0 Å². The first kappa shape index (κ1) is 17.0. The molecule has 1 aromatic carbocycles. The Kier molecular flexibility index (Phi) is 4.76. The highest BCUT2D eigenvalue weighted by Gasteiger charge is 2.24. The van der Waals surface area contributed by atoms with Gasteiger partial charge in [-0.25, -0.2) is 14.8 Å². The fraction of sp³-hybridized carbons (Fsp3) is 0.235. The molecule has 2 aromatic heterocycles. The third-order valence-corrected chi connectivity index (χ3v) is 3.79. The van der Waals surface area contributed by atoms with Crippen molar-refractivity contribution in [1.82, 2.24) is 9.97 Å². The Morgan fingerprint density at radius 1 is 1.36 bits per heavy atom. The normalized spacial score (nSPS) is 10.7. The smallest absolute Gasteiger partial charge is 0.342 e. The number of halogens is 1. The van der Waals surface area contributed by atoms with Gasteiger partial charge in [0, 0.05) is 5.02 Å². The molecule has 0 bridgehead atoms. The van der Waals surface area contributed by atoms with E-state index in [4.69, 9.17) is 25.5 Å². The lowest BCUT2D eigenvalue weighted by atomic mass is 10.2. The van der Waals surface area contributed by atoms with Gasteiger partial charge >= 0.3 is 5.97 Å². The lowest BCUT2D eigenvalue weighted by Crippen LogP contribution is -2.07. The molecule has 0 saturated carbocycles. The van der Waals surface area contributed by atoms with Gasteiger partial charge in [0.25, 0.3) is 0 Å². The Labute approximate surface area is 148 Å². The summed E-state index contributed by atoms with van der Waals surface area (Å²) in [6.07, 6.45) is 1.35. The van der Waals surface area contributed by atoms with Crippen LogP contribution in [0.5, 0.6) is 5.75 Å². The van der Waals surface area contributed by atoms with Crippen molar-refractivity contribution >= 4 is 40.2 Å². The monoisotopic (exact) mass is 361 g/mol. The number of benzene rings is 1. The number of esters is 1. The van der Waals surface area contributed by atoms with E-state index < -0.39 is 5.97 Å². The van der Waals surface area contributed by atoms with Crippen molar-refractivity contribution in [3.8, 4) is 5.75 Å². The van der Waals surface area contributed by atoms with E-state index in [-0.39, 0.29) is 6.61 Å². The van der Waals surface area contributed by atoms with Crippen molar-refractivity contribution in [2.45, 2.75) is 13.8 Å². The molecule has 0 fully saturated rings. The molecule has 25 heavy (non-hydrogen) atoms. The van der Waals surface area contributed by atoms with Gasteiger partial charge in [0.15, 0.2) is 0 Å². The first-order chi connectivity index (χ1) is 12.0. The third-order valence-electron chi connectivity index (χ3n) is 3.56. The van der Waals surface area contributed by atoms with Crippen molar-refractivity contribution in [2.75, 3.05) is 19.0 Å². The van der Waals surface area contributed by atoms with Crippen molar-refractivity contribution < 1.29 is 18.7 Å². The van der Waals surface area contributed by atoms with E-state index in [1.54, 1.807) is 39.2 Å². The van der Waals surface area contributed by atoms with E-state index in [2.05, 4.69) is 15.3 Å². The van der Waals surface area contributed by atoms with Crippen LogP contribution in [0, 0.1) is 6.92 Å². The maximum absolute atomic E-state index is 12.3. The second-order valence-corrected chi connectivity index (χ2v) is 5.56. The summed E-state index contributed by atoms with van der Waals surface area (Å²) in [5, 5.41) is 4.10. The number of carbonyl (C=O) groups is 1. The standard InChI is InChI=1S/C17H16ClN3O4/c1-4-24-17(22)13-9(2)25-16-14(13)15(19-8-20-16)21-11-7-10(18)5-6-12(11)23-3/h5-8H,4H2,1-3H3,(H,19,20,21). The van der Waals surface area contributed by atoms with Gasteiger partial charge in [0.2, 0.25) is 5.71 Å². The van der Waals surface area contributed by atoms with Gasteiger partial charge in [-0.2, -0.15) is 0 Å². The van der Waals surface area contributed by atoms with Gasteiger partial charge < -0.3 is 19.2 Å². The Morgan fingerprint density at radius 3 is 2.88 bits per heavy atom. The summed E-state index contributed by atoms with van der Waals surface area (Å²) in [5.74, 6) is 0.893. The van der Waals surface area contributed by atoms with E-state index in [9.17, 15) is 4.79 Å². The molecule has 8 heteroatoms. The Morgan fingerprint density at radius 2 is 2.16 bits per heavy atom. The average molecular weight is 362 g/mol. The number of methoxy groups -OCH3 is 1. The van der Waals surface area contributed by atoms with Crippen LogP contribution in [-0.2, 0) is 4.74 Å². The molecule has 0 saturated heterocycles. The highest BCUT2D eigenvalue weighted by atomic mass is 35.5. The molecule has 0 atom stereocenters. The molecule has 2 heterocycles. The van der Waals surface area contributed by atoms with Gasteiger partial charge in [-0.15, -0.1) is 0 Å². The molecule has 3 aromatic rings. The first-order valence-corrected chi connectivity index (χ1v) is 7.94. The van der Waals surface area contributed by atoms with Gasteiger partial charge in [0.05, 0.1) is 24.8 Å². The zero-order valence-corrected chi connectivity index (χ0v) is 14.7. The molecular formula is C17H16ClN3O4. The van der Waals surface area contributed by atoms with E-state index in [0.717, 1.165) is 0 Å². The number of fused-ring (bicyclic) bond motifs is 1. The predicted molar refractivity (Wildman–Crippen MR) is 93.8 cm³/mol. The second kappa shape index (κ2) is 6.98. The van der Waals surface area contributed by atoms with Crippen LogP contribution in [0.1, 0.15) is 23.0 Å². The zero-order chi connectivity index (χ0) is 18.0. The molecule has 130 valence electrons. The minimum Gasteiger partial charge on any atom is -0.495 e. The summed E-state index contributed by atoms with van der Waals surface area (Å²) in [6, 6.07) is 5.15. The second-order valence-electron chi connectivity index (χ2n) is 5.13. The van der Waals surface area contributed by atoms with Crippen LogP contribution in [0.25, 0.3) is 11.1 Å². The van der Waals surface area contributed by atoms with Crippen LogP contribution >= 0.6 is 11.6 Å². The topological polar surface area (TPSA) is 86.5 Å². The first-order valence-electron chi connectivity index (χ1n) is 7.57. The number of aromatic nitrogens is 2. The van der Waals surface area contributed by atoms with Crippen molar-refractivity contribution in [3.05, 3.63) is 40.9 Å². The number of hydrogen-bond donors (Lipinski definition) is 1. The Hall–Kier alpha value is -2.80. The van der Waals surface area contributed by atoms with Crippen LogP contribution in [0.3, 0.4) is 0 Å². The summed E-state index contributed by atoms with van der Waals surface area (Å²) in [7, 11) is 1.55. The molecule has 7 nitrogen and oxygen atoms in total. The Balaban J connectivity index is 2.14. The number of ether oxygens (including phenoxy) is 2.